The second-order valence-electron chi connectivity index (χ2n) is 10.4. The summed E-state index contributed by atoms with van der Waals surface area (Å²) >= 11 is 0. The third kappa shape index (κ3) is 4.20. The van der Waals surface area contributed by atoms with Crippen LogP contribution in [0.1, 0.15) is 43.7 Å². The molecule has 0 aromatic heterocycles. The molecule has 3 aliphatic rings. The molecule has 3 fully saturated rings. The maximum Gasteiger partial charge on any atom is 0.313 e. The van der Waals surface area contributed by atoms with Crippen molar-refractivity contribution < 1.29 is 29.0 Å². The first-order valence-corrected chi connectivity index (χ1v) is 13.1. The van der Waals surface area contributed by atoms with Gasteiger partial charge in [-0.2, -0.15) is 0 Å². The van der Waals surface area contributed by atoms with E-state index in [0.29, 0.717) is 25.7 Å². The van der Waals surface area contributed by atoms with Gasteiger partial charge >= 0.3 is 5.97 Å². The van der Waals surface area contributed by atoms with Crippen molar-refractivity contribution in [2.24, 2.45) is 11.8 Å². The van der Waals surface area contributed by atoms with Crippen LogP contribution in [0.5, 0.6) is 0 Å². The predicted molar refractivity (Wildman–Crippen MR) is 140 cm³/mol. The molecule has 0 radical (unpaired) electrons. The highest BCUT2D eigenvalue weighted by molar-refractivity contribution is 6.05. The highest BCUT2D eigenvalue weighted by Crippen LogP contribution is 2.64. The fourth-order valence-electron chi connectivity index (χ4n) is 6.66. The van der Waals surface area contributed by atoms with Gasteiger partial charge in [0.1, 0.15) is 24.2 Å². The summed E-state index contributed by atoms with van der Waals surface area (Å²) in [5, 5.41) is 9.56. The number of amides is 2. The number of aliphatic hydroxyl groups is 1. The van der Waals surface area contributed by atoms with E-state index in [4.69, 9.17) is 9.47 Å². The van der Waals surface area contributed by atoms with Gasteiger partial charge in [0, 0.05) is 25.4 Å². The van der Waals surface area contributed by atoms with Crippen molar-refractivity contribution in [1.29, 1.82) is 0 Å². The molecule has 8 heteroatoms. The molecule has 1 aromatic rings. The Balaban J connectivity index is 1.82. The minimum absolute atomic E-state index is 0.0410. The molecule has 37 heavy (non-hydrogen) atoms. The molecule has 1 aromatic carbocycles. The van der Waals surface area contributed by atoms with E-state index in [9.17, 15) is 19.5 Å². The number of esters is 1. The molecular formula is C29H38N2O6. The van der Waals surface area contributed by atoms with Crippen molar-refractivity contribution in [3.8, 4) is 0 Å². The first-order chi connectivity index (χ1) is 17.7. The van der Waals surface area contributed by atoms with Crippen LogP contribution in [0.3, 0.4) is 0 Å². The van der Waals surface area contributed by atoms with Crippen molar-refractivity contribution in [3.63, 3.8) is 0 Å². The molecule has 2 amide bonds. The van der Waals surface area contributed by atoms with Crippen molar-refractivity contribution in [2.45, 2.75) is 63.7 Å². The van der Waals surface area contributed by atoms with Crippen LogP contribution in [0.4, 0.5) is 5.69 Å². The highest BCUT2D eigenvalue weighted by Gasteiger charge is 2.79. The van der Waals surface area contributed by atoms with Gasteiger partial charge in [0.05, 0.1) is 11.5 Å². The molecule has 3 aliphatic heterocycles. The summed E-state index contributed by atoms with van der Waals surface area (Å²) in [5.74, 6) is -2.68. The van der Waals surface area contributed by atoms with Gasteiger partial charge < -0.3 is 24.4 Å². The van der Waals surface area contributed by atoms with Gasteiger partial charge in [0.25, 0.3) is 5.91 Å². The molecule has 0 saturated carbocycles. The Hall–Kier alpha value is -2.97. The second kappa shape index (κ2) is 10.4. The Morgan fingerprint density at radius 2 is 2.03 bits per heavy atom. The Labute approximate surface area is 218 Å². The van der Waals surface area contributed by atoms with E-state index < -0.39 is 35.0 Å². The number of hydrogen-bond donors (Lipinski definition) is 1. The van der Waals surface area contributed by atoms with Crippen LogP contribution in [-0.2, 0) is 23.9 Å². The molecule has 8 nitrogen and oxygen atoms in total. The van der Waals surface area contributed by atoms with Crippen molar-refractivity contribution in [3.05, 3.63) is 54.6 Å². The summed E-state index contributed by atoms with van der Waals surface area (Å²) in [6.45, 7) is 13.7. The number of hydrogen-bond acceptors (Lipinski definition) is 6. The normalized spacial score (nSPS) is 29.8. The Bertz CT molecular complexity index is 1100. The monoisotopic (exact) mass is 510 g/mol. The van der Waals surface area contributed by atoms with Crippen molar-refractivity contribution in [1.82, 2.24) is 4.90 Å². The Kier molecular flexibility index (Phi) is 7.62. The molecule has 4 rings (SSSR count). The van der Waals surface area contributed by atoms with Crippen molar-refractivity contribution in [2.75, 3.05) is 31.2 Å². The summed E-state index contributed by atoms with van der Waals surface area (Å²) in [7, 11) is 0. The zero-order valence-corrected chi connectivity index (χ0v) is 22.1. The first-order valence-electron chi connectivity index (χ1n) is 13.1. The van der Waals surface area contributed by atoms with Crippen LogP contribution in [0, 0.1) is 25.7 Å². The molecule has 200 valence electrons. The van der Waals surface area contributed by atoms with E-state index in [1.54, 1.807) is 11.0 Å². The number of benzene rings is 1. The number of aryl methyl sites for hydroxylation is 2. The van der Waals surface area contributed by atoms with E-state index in [0.717, 1.165) is 16.8 Å². The summed E-state index contributed by atoms with van der Waals surface area (Å²) in [5.41, 5.74) is 0.677. The van der Waals surface area contributed by atoms with Gasteiger partial charge in [-0.15, -0.1) is 6.58 Å². The molecule has 5 atom stereocenters. The van der Waals surface area contributed by atoms with Gasteiger partial charge in [-0.3, -0.25) is 14.4 Å². The van der Waals surface area contributed by atoms with E-state index in [-0.39, 0.29) is 38.1 Å². The molecule has 1 spiro atoms. The molecule has 3 saturated heterocycles. The molecule has 3 heterocycles. The van der Waals surface area contributed by atoms with E-state index in [2.05, 4.69) is 13.2 Å². The van der Waals surface area contributed by atoms with Crippen molar-refractivity contribution >= 4 is 23.5 Å². The topological polar surface area (TPSA) is 96.4 Å². The van der Waals surface area contributed by atoms with Crippen LogP contribution in [0.15, 0.2) is 43.5 Å². The predicted octanol–water partition coefficient (Wildman–Crippen LogP) is 3.09. The third-order valence-electron chi connectivity index (χ3n) is 8.30. The smallest absolute Gasteiger partial charge is 0.313 e. The largest absolute Gasteiger partial charge is 0.461 e. The average Bonchev–Trinajstić information content (AvgIpc) is 3.49. The summed E-state index contributed by atoms with van der Waals surface area (Å²) < 4.78 is 12.2. The van der Waals surface area contributed by atoms with Crippen LogP contribution in [-0.4, -0.2) is 71.3 Å². The minimum atomic E-state index is -1.14. The highest BCUT2D eigenvalue weighted by atomic mass is 16.6. The average molecular weight is 511 g/mol. The number of anilines is 1. The van der Waals surface area contributed by atoms with Crippen LogP contribution < -0.4 is 4.90 Å². The Morgan fingerprint density at radius 3 is 2.68 bits per heavy atom. The fraction of sp³-hybridized carbons (Fsp3) is 0.552. The van der Waals surface area contributed by atoms with Crippen LogP contribution in [0.25, 0.3) is 0 Å². The van der Waals surface area contributed by atoms with Gasteiger partial charge in [-0.25, -0.2) is 0 Å². The maximum atomic E-state index is 14.5. The Morgan fingerprint density at radius 1 is 1.27 bits per heavy atom. The number of carbonyl (C=O) groups excluding carboxylic acids is 3. The lowest BCUT2D eigenvalue weighted by Crippen LogP contribution is -2.56. The fourth-order valence-corrected chi connectivity index (χ4v) is 6.66. The SMILES string of the molecule is C=CCOC(=O)[C@@H]1[C@H]2C(=O)N(CCCO)C(C(=O)N(CC=C)c3cc(C)ccc3C)C23CC[C@@]1(CC)O3. The molecule has 2 unspecified atom stereocenters. The number of likely N-dealkylation sites (tertiary alicyclic amines) is 1. The lowest BCUT2D eigenvalue weighted by Gasteiger charge is -2.37. The summed E-state index contributed by atoms with van der Waals surface area (Å²) in [6, 6.07) is 4.98. The quantitative estimate of drug-likeness (QED) is 0.363. The standard InChI is InChI=1S/C29H38N2O6/c1-6-14-30(21-18-19(4)10-11-20(21)5)26(34)24-29-13-12-28(8-3,37-29)23(27(35)36-17-7-2)22(29)25(33)31(24)15-9-16-32/h6-7,10-11,18,22-24,32H,1-2,8-9,12-17H2,3-5H3/t22-,23-,24?,28+,29?/m0/s1. The maximum absolute atomic E-state index is 14.5. The molecule has 1 N–H and O–H groups in total. The first kappa shape index (κ1) is 27.1. The van der Waals surface area contributed by atoms with Crippen LogP contribution in [0.2, 0.25) is 0 Å². The third-order valence-corrected chi connectivity index (χ3v) is 8.30. The van der Waals surface area contributed by atoms with Gasteiger partial charge in [-0.05, 0) is 56.7 Å². The number of carbonyl (C=O) groups is 3. The van der Waals surface area contributed by atoms with Gasteiger partial charge in [0.15, 0.2) is 0 Å². The second-order valence-corrected chi connectivity index (χ2v) is 10.4. The number of rotatable bonds is 11. The number of aliphatic hydroxyl groups excluding tert-OH is 1. The van der Waals surface area contributed by atoms with Gasteiger partial charge in [-0.1, -0.05) is 37.8 Å². The number of ether oxygens (including phenoxy) is 2. The van der Waals surface area contributed by atoms with Crippen LogP contribution >= 0.6 is 0 Å². The summed E-state index contributed by atoms with van der Waals surface area (Å²) in [6.07, 6.45) is 5.05. The van der Waals surface area contributed by atoms with E-state index in [1.165, 1.54) is 11.0 Å². The number of nitrogens with zero attached hydrogens (tertiary/aromatic N) is 2. The van der Waals surface area contributed by atoms with E-state index in [1.807, 2.05) is 39.0 Å². The molecule has 0 aliphatic carbocycles. The minimum Gasteiger partial charge on any atom is -0.461 e. The van der Waals surface area contributed by atoms with Gasteiger partial charge in [0.2, 0.25) is 5.91 Å². The molecular weight excluding hydrogens is 472 g/mol. The zero-order valence-electron chi connectivity index (χ0n) is 22.1. The lowest BCUT2D eigenvalue weighted by atomic mass is 9.65. The van der Waals surface area contributed by atoms with E-state index >= 15 is 0 Å². The molecule has 2 bridgehead atoms. The number of fused-ring (bicyclic) bond motifs is 1. The summed E-state index contributed by atoms with van der Waals surface area (Å²) in [4.78, 5) is 45.0. The zero-order chi connectivity index (χ0) is 27.0. The lowest BCUT2D eigenvalue weighted by molar-refractivity contribution is -0.159.